The van der Waals surface area contributed by atoms with Crippen LogP contribution in [-0.4, -0.2) is 59.4 Å². The number of phenolic OH excluding ortho intramolecular Hbond substituents is 1. The maximum Gasteiger partial charge on any atom is 0.253 e. The third-order valence-electron chi connectivity index (χ3n) is 5.47. The lowest BCUT2D eigenvalue weighted by Gasteiger charge is -2.33. The number of nitrogens with one attached hydrogen (secondary N) is 1. The summed E-state index contributed by atoms with van der Waals surface area (Å²) in [5.74, 6) is -0.0531. The van der Waals surface area contributed by atoms with Crippen molar-refractivity contribution in [1.29, 1.82) is 0 Å². The Morgan fingerprint density at radius 2 is 2.00 bits per heavy atom. The van der Waals surface area contributed by atoms with Gasteiger partial charge in [-0.05, 0) is 62.7 Å². The van der Waals surface area contributed by atoms with Crippen LogP contribution >= 0.6 is 11.6 Å². The molecule has 7 heteroatoms. The molecule has 1 fully saturated rings. The molecule has 0 spiro atoms. The second kappa shape index (κ2) is 9.96. The molecule has 0 bridgehead atoms. The van der Waals surface area contributed by atoms with Crippen LogP contribution in [0.3, 0.4) is 0 Å². The van der Waals surface area contributed by atoms with E-state index in [1.807, 2.05) is 6.92 Å². The molecule has 1 heterocycles. The van der Waals surface area contributed by atoms with Crippen molar-refractivity contribution < 1.29 is 14.7 Å². The summed E-state index contributed by atoms with van der Waals surface area (Å²) < 4.78 is 0. The predicted molar refractivity (Wildman–Crippen MR) is 118 cm³/mol. The number of benzene rings is 2. The van der Waals surface area contributed by atoms with Crippen molar-refractivity contribution in [3.05, 3.63) is 64.2 Å². The average Bonchev–Trinajstić information content (AvgIpc) is 2.75. The van der Waals surface area contributed by atoms with E-state index in [0.717, 1.165) is 24.9 Å². The normalized spacial score (nSPS) is 16.8. The van der Waals surface area contributed by atoms with Crippen molar-refractivity contribution >= 4 is 23.4 Å². The van der Waals surface area contributed by atoms with Gasteiger partial charge < -0.3 is 15.3 Å². The zero-order valence-corrected chi connectivity index (χ0v) is 18.2. The standard InChI is InChI=1S/C23H28ClN3O3/c1-3-26(2)23(30)17-7-4-6-16(12-17)22(29)25-20-8-5-11-27(15-20)14-18-13-19(24)9-10-21(18)28/h4,6-7,9-10,12-13,20,28H,3,5,8,11,14-15H2,1-2H3,(H,25,29)/t20-/m0/s1. The fraction of sp³-hybridized carbons (Fsp3) is 0.391. The number of hydrogen-bond donors (Lipinski definition) is 2. The monoisotopic (exact) mass is 429 g/mol. The van der Waals surface area contributed by atoms with Gasteiger partial charge in [0.1, 0.15) is 5.75 Å². The molecular formula is C23H28ClN3O3. The average molecular weight is 430 g/mol. The van der Waals surface area contributed by atoms with Crippen LogP contribution < -0.4 is 5.32 Å². The smallest absolute Gasteiger partial charge is 0.253 e. The van der Waals surface area contributed by atoms with Crippen LogP contribution in [0.4, 0.5) is 0 Å². The van der Waals surface area contributed by atoms with Crippen molar-refractivity contribution in [1.82, 2.24) is 15.1 Å². The molecule has 2 N–H and O–H groups in total. The number of amides is 2. The lowest BCUT2D eigenvalue weighted by atomic mass is 10.0. The van der Waals surface area contributed by atoms with Gasteiger partial charge in [0.05, 0.1) is 0 Å². The third kappa shape index (κ3) is 5.52. The van der Waals surface area contributed by atoms with Crippen LogP contribution in [0.1, 0.15) is 46.0 Å². The number of hydrogen-bond acceptors (Lipinski definition) is 4. The summed E-state index contributed by atoms with van der Waals surface area (Å²) >= 11 is 6.05. The number of nitrogens with zero attached hydrogens (tertiary/aromatic N) is 2. The van der Waals surface area contributed by atoms with Gasteiger partial charge in [-0.3, -0.25) is 14.5 Å². The molecular weight excluding hydrogens is 402 g/mol. The first-order valence-electron chi connectivity index (χ1n) is 10.2. The van der Waals surface area contributed by atoms with Crippen molar-refractivity contribution in [3.63, 3.8) is 0 Å². The van der Waals surface area contributed by atoms with Crippen LogP contribution in [0, 0.1) is 0 Å². The number of piperidine rings is 1. The molecule has 1 saturated heterocycles. The van der Waals surface area contributed by atoms with Gasteiger partial charge in [-0.1, -0.05) is 17.7 Å². The summed E-state index contributed by atoms with van der Waals surface area (Å²) in [6.45, 7) is 4.68. The molecule has 1 atom stereocenters. The molecule has 3 rings (SSSR count). The van der Waals surface area contributed by atoms with Gasteiger partial charge >= 0.3 is 0 Å². The molecule has 0 aliphatic carbocycles. The van der Waals surface area contributed by atoms with Gasteiger partial charge in [0.15, 0.2) is 0 Å². The van der Waals surface area contributed by atoms with E-state index in [4.69, 9.17) is 11.6 Å². The number of aromatic hydroxyl groups is 1. The van der Waals surface area contributed by atoms with E-state index in [9.17, 15) is 14.7 Å². The molecule has 0 aromatic heterocycles. The fourth-order valence-electron chi connectivity index (χ4n) is 3.66. The maximum atomic E-state index is 12.8. The number of halogens is 1. The molecule has 1 aliphatic rings. The molecule has 0 radical (unpaired) electrons. The van der Waals surface area contributed by atoms with Crippen LogP contribution in [0.5, 0.6) is 5.75 Å². The van der Waals surface area contributed by atoms with Crippen molar-refractivity contribution in [2.75, 3.05) is 26.7 Å². The first kappa shape index (κ1) is 22.1. The number of carbonyl (C=O) groups excluding carboxylic acids is 2. The minimum Gasteiger partial charge on any atom is -0.508 e. The highest BCUT2D eigenvalue weighted by Crippen LogP contribution is 2.24. The van der Waals surface area contributed by atoms with E-state index >= 15 is 0 Å². The lowest BCUT2D eigenvalue weighted by Crippen LogP contribution is -2.47. The lowest BCUT2D eigenvalue weighted by molar-refractivity contribution is 0.0802. The van der Waals surface area contributed by atoms with Crippen LogP contribution in [0.25, 0.3) is 0 Å². The Balaban J connectivity index is 1.63. The Bertz CT molecular complexity index is 918. The Kier molecular flexibility index (Phi) is 7.34. The summed E-state index contributed by atoms with van der Waals surface area (Å²) in [7, 11) is 1.74. The van der Waals surface area contributed by atoms with Crippen molar-refractivity contribution in [2.45, 2.75) is 32.4 Å². The predicted octanol–water partition coefficient (Wildman–Crippen LogP) is 3.53. The summed E-state index contributed by atoms with van der Waals surface area (Å²) in [4.78, 5) is 29.0. The van der Waals surface area contributed by atoms with Gasteiger partial charge in [0, 0.05) is 54.4 Å². The molecule has 6 nitrogen and oxygen atoms in total. The van der Waals surface area contributed by atoms with Crippen molar-refractivity contribution in [3.8, 4) is 5.75 Å². The van der Waals surface area contributed by atoms with Crippen molar-refractivity contribution in [2.24, 2.45) is 0 Å². The molecule has 2 aromatic rings. The summed E-state index contributed by atoms with van der Waals surface area (Å²) in [5.41, 5.74) is 1.77. The van der Waals surface area contributed by atoms with E-state index < -0.39 is 0 Å². The number of carbonyl (C=O) groups is 2. The zero-order chi connectivity index (χ0) is 21.7. The van der Waals surface area contributed by atoms with Gasteiger partial charge in [-0.15, -0.1) is 0 Å². The van der Waals surface area contributed by atoms with E-state index in [2.05, 4.69) is 10.2 Å². The zero-order valence-electron chi connectivity index (χ0n) is 17.4. The number of phenols is 1. The summed E-state index contributed by atoms with van der Waals surface area (Å²) in [6, 6.07) is 11.9. The molecule has 1 aliphatic heterocycles. The second-order valence-corrected chi connectivity index (χ2v) is 8.16. The topological polar surface area (TPSA) is 72.9 Å². The molecule has 0 saturated carbocycles. The van der Waals surface area contributed by atoms with Crippen LogP contribution in [0.15, 0.2) is 42.5 Å². The minimum absolute atomic E-state index is 0.00486. The second-order valence-electron chi connectivity index (χ2n) is 7.72. The fourth-order valence-corrected chi connectivity index (χ4v) is 3.86. The van der Waals surface area contributed by atoms with Crippen LogP contribution in [0.2, 0.25) is 5.02 Å². The molecule has 30 heavy (non-hydrogen) atoms. The Labute approximate surface area is 182 Å². The molecule has 160 valence electrons. The van der Waals surface area contributed by atoms with Crippen LogP contribution in [-0.2, 0) is 6.54 Å². The number of rotatable bonds is 6. The van der Waals surface area contributed by atoms with E-state index in [1.54, 1.807) is 54.4 Å². The highest BCUT2D eigenvalue weighted by molar-refractivity contribution is 6.30. The van der Waals surface area contributed by atoms with E-state index in [-0.39, 0.29) is 23.6 Å². The third-order valence-corrected chi connectivity index (χ3v) is 5.70. The number of likely N-dealkylation sites (tertiary alicyclic amines) is 1. The van der Waals surface area contributed by atoms with Gasteiger partial charge in [0.25, 0.3) is 11.8 Å². The summed E-state index contributed by atoms with van der Waals surface area (Å²) in [6.07, 6.45) is 1.84. The van der Waals surface area contributed by atoms with Gasteiger partial charge in [0.2, 0.25) is 0 Å². The Morgan fingerprint density at radius 3 is 2.77 bits per heavy atom. The largest absolute Gasteiger partial charge is 0.508 e. The van der Waals surface area contributed by atoms with E-state index in [0.29, 0.717) is 35.8 Å². The first-order valence-corrected chi connectivity index (χ1v) is 10.6. The Hall–Kier alpha value is -2.57. The molecule has 2 aromatic carbocycles. The van der Waals surface area contributed by atoms with E-state index in [1.165, 1.54) is 0 Å². The minimum atomic E-state index is -0.179. The molecule has 2 amide bonds. The molecule has 0 unspecified atom stereocenters. The Morgan fingerprint density at radius 1 is 1.23 bits per heavy atom. The van der Waals surface area contributed by atoms with Gasteiger partial charge in [-0.2, -0.15) is 0 Å². The first-order chi connectivity index (χ1) is 14.4. The quantitative estimate of drug-likeness (QED) is 0.736. The summed E-state index contributed by atoms with van der Waals surface area (Å²) in [5, 5.41) is 13.7. The highest BCUT2D eigenvalue weighted by Gasteiger charge is 2.23. The van der Waals surface area contributed by atoms with Gasteiger partial charge in [-0.25, -0.2) is 0 Å². The maximum absolute atomic E-state index is 12.8. The SMILES string of the molecule is CCN(C)C(=O)c1cccc(C(=O)N[C@H]2CCCN(Cc3cc(Cl)ccc3O)C2)c1. The highest BCUT2D eigenvalue weighted by atomic mass is 35.5.